The third kappa shape index (κ3) is 1.77. The molecule has 0 aromatic heterocycles. The summed E-state index contributed by atoms with van der Waals surface area (Å²) in [6.07, 6.45) is 2.41. The molecule has 0 radical (unpaired) electrons. The Kier molecular flexibility index (Phi) is 2.71. The summed E-state index contributed by atoms with van der Waals surface area (Å²) in [5.41, 5.74) is 2.64. The van der Waals surface area contributed by atoms with Gasteiger partial charge < -0.3 is 4.90 Å². The van der Waals surface area contributed by atoms with Crippen LogP contribution in [0.5, 0.6) is 0 Å². The van der Waals surface area contributed by atoms with E-state index in [2.05, 4.69) is 6.07 Å². The van der Waals surface area contributed by atoms with Gasteiger partial charge in [0.2, 0.25) is 0 Å². The average molecular weight is 275 g/mol. The lowest BCUT2D eigenvalue weighted by Gasteiger charge is -2.42. The highest BCUT2D eigenvalue weighted by Gasteiger charge is 2.44. The molecule has 21 heavy (non-hydrogen) atoms. The maximum atomic E-state index is 12.6. The van der Waals surface area contributed by atoms with Crippen LogP contribution >= 0.6 is 0 Å². The molecule has 0 saturated heterocycles. The van der Waals surface area contributed by atoms with Crippen LogP contribution in [-0.2, 0) is 11.2 Å². The Morgan fingerprint density at radius 2 is 1.90 bits per heavy atom. The molecule has 0 saturated carbocycles. The molecule has 3 rings (SSSR count). The molecule has 0 fully saturated rings. The minimum absolute atomic E-state index is 0.129. The summed E-state index contributed by atoms with van der Waals surface area (Å²) < 4.78 is 0. The van der Waals surface area contributed by atoms with Gasteiger partial charge in [-0.25, -0.2) is 0 Å². The van der Waals surface area contributed by atoms with Crippen LogP contribution in [0.25, 0.3) is 5.70 Å². The highest BCUT2D eigenvalue weighted by molar-refractivity contribution is 6.10. The van der Waals surface area contributed by atoms with Gasteiger partial charge in [0.15, 0.2) is 0 Å². The molecule has 0 spiro atoms. The second kappa shape index (κ2) is 4.33. The van der Waals surface area contributed by atoms with E-state index in [9.17, 15) is 4.79 Å². The smallest absolute Gasteiger partial charge is 0.260 e. The number of rotatable bonds is 0. The van der Waals surface area contributed by atoms with Crippen molar-refractivity contribution in [3.8, 4) is 12.1 Å². The predicted octanol–water partition coefficient (Wildman–Crippen LogP) is 2.55. The molecular weight excluding hydrogens is 262 g/mol. The summed E-state index contributed by atoms with van der Waals surface area (Å²) in [7, 11) is 0. The lowest BCUT2D eigenvalue weighted by molar-refractivity contribution is -0.126. The van der Waals surface area contributed by atoms with E-state index in [0.29, 0.717) is 0 Å². The van der Waals surface area contributed by atoms with Crippen molar-refractivity contribution in [1.29, 1.82) is 10.5 Å². The molecule has 0 bridgehead atoms. The quantitative estimate of drug-likeness (QED) is 0.539. The van der Waals surface area contributed by atoms with Crippen molar-refractivity contribution < 1.29 is 4.79 Å². The molecule has 1 aromatic rings. The zero-order valence-corrected chi connectivity index (χ0v) is 11.8. The molecule has 0 N–H and O–H groups in total. The van der Waals surface area contributed by atoms with Gasteiger partial charge >= 0.3 is 0 Å². The fourth-order valence-corrected chi connectivity index (χ4v) is 3.09. The van der Waals surface area contributed by atoms with Crippen molar-refractivity contribution in [1.82, 2.24) is 4.90 Å². The van der Waals surface area contributed by atoms with E-state index in [0.717, 1.165) is 17.7 Å². The number of amides is 1. The van der Waals surface area contributed by atoms with E-state index in [1.807, 2.05) is 44.2 Å². The Bertz CT molecular complexity index is 784. The average Bonchev–Trinajstić information content (AvgIpc) is 2.79. The van der Waals surface area contributed by atoms with Gasteiger partial charge in [-0.1, -0.05) is 24.3 Å². The first-order valence-corrected chi connectivity index (χ1v) is 6.68. The molecule has 102 valence electrons. The molecule has 0 atom stereocenters. The summed E-state index contributed by atoms with van der Waals surface area (Å²) in [5.74, 6) is -0.261. The fourth-order valence-electron chi connectivity index (χ4n) is 3.09. The van der Waals surface area contributed by atoms with Crippen molar-refractivity contribution in [2.75, 3.05) is 0 Å². The van der Waals surface area contributed by atoms with Crippen molar-refractivity contribution in [3.63, 3.8) is 0 Å². The van der Waals surface area contributed by atoms with Gasteiger partial charge in [-0.2, -0.15) is 10.5 Å². The molecular formula is C17H13N3O. The summed E-state index contributed by atoms with van der Waals surface area (Å²) in [4.78, 5) is 14.3. The van der Waals surface area contributed by atoms with Gasteiger partial charge in [-0.05, 0) is 31.9 Å². The molecule has 4 heteroatoms. The predicted molar refractivity (Wildman–Crippen MR) is 77.3 cm³/mol. The van der Waals surface area contributed by atoms with Gasteiger partial charge in [0.1, 0.15) is 17.7 Å². The van der Waals surface area contributed by atoms with E-state index >= 15 is 0 Å². The van der Waals surface area contributed by atoms with Crippen molar-refractivity contribution >= 4 is 11.6 Å². The molecule has 1 aromatic carbocycles. The molecule has 2 aliphatic rings. The van der Waals surface area contributed by atoms with Crippen LogP contribution in [0.1, 0.15) is 25.0 Å². The van der Waals surface area contributed by atoms with Gasteiger partial charge in [0.05, 0.1) is 11.3 Å². The van der Waals surface area contributed by atoms with Crippen LogP contribution in [-0.4, -0.2) is 16.3 Å². The van der Waals surface area contributed by atoms with Crippen molar-refractivity contribution in [3.05, 3.63) is 52.6 Å². The van der Waals surface area contributed by atoms with Gasteiger partial charge in [0, 0.05) is 11.1 Å². The second-order valence-corrected chi connectivity index (χ2v) is 5.83. The molecule has 1 amide bonds. The number of nitriles is 2. The van der Waals surface area contributed by atoms with Crippen molar-refractivity contribution in [2.24, 2.45) is 0 Å². The van der Waals surface area contributed by atoms with E-state index in [4.69, 9.17) is 10.5 Å². The highest BCUT2D eigenvalue weighted by Crippen LogP contribution is 2.43. The molecule has 0 aliphatic carbocycles. The number of benzene rings is 1. The van der Waals surface area contributed by atoms with Crippen LogP contribution < -0.4 is 0 Å². The van der Waals surface area contributed by atoms with E-state index in [-0.39, 0.29) is 22.6 Å². The Morgan fingerprint density at radius 1 is 1.24 bits per heavy atom. The number of hydrogen-bond acceptors (Lipinski definition) is 3. The van der Waals surface area contributed by atoms with Crippen LogP contribution in [0.2, 0.25) is 0 Å². The number of carbonyl (C=O) groups is 1. The second-order valence-electron chi connectivity index (χ2n) is 5.83. The van der Waals surface area contributed by atoms with Crippen LogP contribution in [0, 0.1) is 22.7 Å². The van der Waals surface area contributed by atoms with E-state index < -0.39 is 0 Å². The topological polar surface area (TPSA) is 67.9 Å². The van der Waals surface area contributed by atoms with Crippen LogP contribution in [0.4, 0.5) is 0 Å². The summed E-state index contributed by atoms with van der Waals surface area (Å²) in [6, 6.07) is 11.6. The lowest BCUT2D eigenvalue weighted by Crippen LogP contribution is -2.48. The summed E-state index contributed by atoms with van der Waals surface area (Å²) in [5, 5.41) is 18.1. The zero-order valence-electron chi connectivity index (χ0n) is 11.8. The Hall–Kier alpha value is -2.85. The standard InChI is InChI=1S/C17H13N3O/c1-17(2)8-11-5-3-4-6-13(11)15-7-14(12(9-18)10-19)16(21)20(15)17/h3-7H,8H2,1-2H3. The van der Waals surface area contributed by atoms with Gasteiger partial charge in [-0.3, -0.25) is 4.79 Å². The Morgan fingerprint density at radius 3 is 2.57 bits per heavy atom. The highest BCUT2D eigenvalue weighted by atomic mass is 16.2. The zero-order chi connectivity index (χ0) is 15.2. The van der Waals surface area contributed by atoms with E-state index in [1.54, 1.807) is 11.0 Å². The molecule has 4 nitrogen and oxygen atoms in total. The summed E-state index contributed by atoms with van der Waals surface area (Å²) in [6.45, 7) is 3.99. The SMILES string of the molecule is CC1(C)Cc2ccccc2C2=CC(=C(C#N)C#N)C(=O)N21. The van der Waals surface area contributed by atoms with Gasteiger partial charge in [0.25, 0.3) is 5.91 Å². The Labute approximate surface area is 123 Å². The number of carbonyl (C=O) groups excluding carboxylic acids is 1. The first-order valence-electron chi connectivity index (χ1n) is 6.68. The maximum Gasteiger partial charge on any atom is 0.260 e. The first-order chi connectivity index (χ1) is 9.99. The minimum atomic E-state index is -0.380. The van der Waals surface area contributed by atoms with Crippen LogP contribution in [0.15, 0.2) is 41.5 Å². The van der Waals surface area contributed by atoms with Crippen molar-refractivity contribution in [2.45, 2.75) is 25.8 Å². The number of hydrogen-bond donors (Lipinski definition) is 0. The Balaban J connectivity index is 2.28. The third-order valence-electron chi connectivity index (χ3n) is 3.97. The first kappa shape index (κ1) is 13.1. The number of fused-ring (bicyclic) bond motifs is 3. The lowest BCUT2D eigenvalue weighted by atomic mass is 9.84. The molecule has 2 heterocycles. The normalized spacial score (nSPS) is 18.3. The number of allylic oxidation sites excluding steroid dienone is 1. The number of nitrogens with zero attached hydrogens (tertiary/aromatic N) is 3. The van der Waals surface area contributed by atoms with E-state index in [1.165, 1.54) is 5.56 Å². The monoisotopic (exact) mass is 275 g/mol. The minimum Gasteiger partial charge on any atom is -0.302 e. The fraction of sp³-hybridized carbons (Fsp3) is 0.235. The summed E-state index contributed by atoms with van der Waals surface area (Å²) >= 11 is 0. The largest absolute Gasteiger partial charge is 0.302 e. The molecule has 0 unspecified atom stereocenters. The maximum absolute atomic E-state index is 12.6. The molecule has 2 aliphatic heterocycles. The third-order valence-corrected chi connectivity index (χ3v) is 3.97. The van der Waals surface area contributed by atoms with Gasteiger partial charge in [-0.15, -0.1) is 0 Å². The van der Waals surface area contributed by atoms with Crippen LogP contribution in [0.3, 0.4) is 0 Å².